The Labute approximate surface area is 189 Å². The van der Waals surface area contributed by atoms with E-state index >= 15 is 0 Å². The van der Waals surface area contributed by atoms with Crippen LogP contribution >= 0.6 is 0 Å². The van der Waals surface area contributed by atoms with E-state index in [9.17, 15) is 9.59 Å². The predicted octanol–water partition coefficient (Wildman–Crippen LogP) is 1.59. The highest BCUT2D eigenvalue weighted by Gasteiger charge is 2.42. The zero-order valence-electron chi connectivity index (χ0n) is 19.1. The van der Waals surface area contributed by atoms with Crippen molar-refractivity contribution in [3.05, 3.63) is 52.8 Å². The Bertz CT molecular complexity index is 979. The van der Waals surface area contributed by atoms with Crippen LogP contribution in [0.4, 0.5) is 5.95 Å². The van der Waals surface area contributed by atoms with Gasteiger partial charge in [0.05, 0.1) is 11.3 Å². The number of likely N-dealkylation sites (tertiary alicyclic amines) is 2. The number of carbonyl (C=O) groups is 2. The van der Waals surface area contributed by atoms with Crippen LogP contribution in [0.15, 0.2) is 30.3 Å². The zero-order chi connectivity index (χ0) is 22.8. The summed E-state index contributed by atoms with van der Waals surface area (Å²) >= 11 is 0. The third-order valence-electron chi connectivity index (χ3n) is 6.56. The fourth-order valence-corrected chi connectivity index (χ4v) is 4.94. The molecule has 8 heteroatoms. The van der Waals surface area contributed by atoms with Crippen molar-refractivity contribution in [1.82, 2.24) is 19.8 Å². The van der Waals surface area contributed by atoms with Crippen molar-refractivity contribution in [2.45, 2.75) is 19.8 Å². The van der Waals surface area contributed by atoms with Crippen LogP contribution in [0.5, 0.6) is 0 Å². The Morgan fingerprint density at radius 2 is 1.72 bits per heavy atom. The van der Waals surface area contributed by atoms with Gasteiger partial charge in [0.25, 0.3) is 11.8 Å². The lowest BCUT2D eigenvalue weighted by Crippen LogP contribution is -2.36. The maximum atomic E-state index is 13.3. The number of fused-ring (bicyclic) bond motifs is 1. The molecule has 8 nitrogen and oxygen atoms in total. The van der Waals surface area contributed by atoms with Crippen LogP contribution in [0.1, 0.15) is 38.5 Å². The minimum absolute atomic E-state index is 0.00537. The van der Waals surface area contributed by atoms with Gasteiger partial charge < -0.3 is 20.4 Å². The molecule has 2 atom stereocenters. The van der Waals surface area contributed by atoms with E-state index in [4.69, 9.17) is 5.73 Å². The van der Waals surface area contributed by atoms with E-state index in [0.29, 0.717) is 36.6 Å². The molecule has 0 radical (unpaired) electrons. The first-order chi connectivity index (χ1) is 15.3. The summed E-state index contributed by atoms with van der Waals surface area (Å²) in [5.74, 6) is 0.416. The van der Waals surface area contributed by atoms with Crippen molar-refractivity contribution in [2.75, 3.05) is 51.7 Å². The number of primary amides is 1. The van der Waals surface area contributed by atoms with E-state index < -0.39 is 5.91 Å². The number of nitrogens with zero attached hydrogens (tertiary/aromatic N) is 5. The van der Waals surface area contributed by atoms with Crippen LogP contribution in [-0.4, -0.2) is 78.4 Å². The van der Waals surface area contributed by atoms with Crippen LogP contribution in [0.3, 0.4) is 0 Å². The number of aromatic nitrogens is 2. The lowest BCUT2D eigenvalue weighted by atomic mass is 10.0. The summed E-state index contributed by atoms with van der Waals surface area (Å²) in [4.78, 5) is 40.1. The van der Waals surface area contributed by atoms with Crippen LogP contribution in [0.2, 0.25) is 0 Å². The number of hydrogen-bond acceptors (Lipinski definition) is 6. The van der Waals surface area contributed by atoms with Crippen molar-refractivity contribution < 1.29 is 9.59 Å². The number of carbonyl (C=O) groups excluding carboxylic acids is 2. The van der Waals surface area contributed by atoms with Crippen molar-refractivity contribution in [3.8, 4) is 0 Å². The van der Waals surface area contributed by atoms with Gasteiger partial charge in [0.1, 0.15) is 5.69 Å². The Morgan fingerprint density at radius 1 is 1.06 bits per heavy atom. The molecular formula is C24H32N6O2. The van der Waals surface area contributed by atoms with Gasteiger partial charge in [0.15, 0.2) is 0 Å². The molecule has 4 rings (SSSR count). The second-order valence-electron chi connectivity index (χ2n) is 9.17. The van der Waals surface area contributed by atoms with Crippen LogP contribution in [0.25, 0.3) is 0 Å². The molecule has 2 fully saturated rings. The first kappa shape index (κ1) is 22.2. The number of hydrogen-bond donors (Lipinski definition) is 1. The number of benzene rings is 1. The molecule has 2 N–H and O–H groups in total. The summed E-state index contributed by atoms with van der Waals surface area (Å²) in [6, 6.07) is 10.6. The summed E-state index contributed by atoms with van der Waals surface area (Å²) < 4.78 is 0. The van der Waals surface area contributed by atoms with Crippen molar-refractivity contribution in [1.29, 1.82) is 0 Å². The van der Waals surface area contributed by atoms with Gasteiger partial charge >= 0.3 is 0 Å². The smallest absolute Gasteiger partial charge is 0.268 e. The minimum Gasteiger partial charge on any atom is -0.364 e. The third-order valence-corrected chi connectivity index (χ3v) is 6.56. The Hall–Kier alpha value is -3.00. The summed E-state index contributed by atoms with van der Waals surface area (Å²) in [7, 11) is 3.57. The third kappa shape index (κ3) is 4.60. The van der Waals surface area contributed by atoms with Crippen LogP contribution in [0, 0.1) is 18.8 Å². The highest BCUT2D eigenvalue weighted by molar-refractivity contribution is 6.06. The predicted molar refractivity (Wildman–Crippen MR) is 124 cm³/mol. The molecule has 0 saturated carbocycles. The monoisotopic (exact) mass is 436 g/mol. The number of aryl methyl sites for hydroxylation is 2. The normalized spacial score (nSPS) is 20.4. The standard InChI is InChI=1S/C24H32N6O2/c1-16-20(21(22(25)31)27-24(26-16)28(2)3)23(32)30-14-18-12-29(13-19(18)15-30)11-7-10-17-8-5-4-6-9-17/h4-6,8-9,18-19H,7,10-15H2,1-3H3,(H2,25,31)/t18-,19?/m1/s1. The highest BCUT2D eigenvalue weighted by atomic mass is 16.2. The molecule has 0 spiro atoms. The lowest BCUT2D eigenvalue weighted by molar-refractivity contribution is 0.0766. The maximum Gasteiger partial charge on any atom is 0.268 e. The number of amides is 2. The van der Waals surface area contributed by atoms with E-state index in [0.717, 1.165) is 32.5 Å². The summed E-state index contributed by atoms with van der Waals surface area (Å²) in [6.07, 6.45) is 2.23. The van der Waals surface area contributed by atoms with Gasteiger partial charge in [-0.05, 0) is 43.7 Å². The van der Waals surface area contributed by atoms with E-state index in [-0.39, 0.29) is 17.2 Å². The molecule has 1 unspecified atom stereocenters. The van der Waals surface area contributed by atoms with E-state index in [2.05, 4.69) is 45.2 Å². The summed E-state index contributed by atoms with van der Waals surface area (Å²) in [5, 5.41) is 0. The molecular weight excluding hydrogens is 404 g/mol. The maximum absolute atomic E-state index is 13.3. The molecule has 170 valence electrons. The van der Waals surface area contributed by atoms with Crippen LogP contribution < -0.4 is 10.6 Å². The van der Waals surface area contributed by atoms with Crippen LogP contribution in [-0.2, 0) is 6.42 Å². The molecule has 1 aromatic heterocycles. The Kier molecular flexibility index (Phi) is 6.41. The molecule has 2 aromatic rings. The molecule has 0 aliphatic carbocycles. The fourth-order valence-electron chi connectivity index (χ4n) is 4.94. The second kappa shape index (κ2) is 9.24. The van der Waals surface area contributed by atoms with E-state index in [1.165, 1.54) is 5.56 Å². The van der Waals surface area contributed by atoms with E-state index in [1.54, 1.807) is 25.9 Å². The topological polar surface area (TPSA) is 95.7 Å². The number of rotatable bonds is 7. The van der Waals surface area contributed by atoms with E-state index in [1.807, 2.05) is 4.90 Å². The molecule has 2 saturated heterocycles. The van der Waals surface area contributed by atoms with Gasteiger partial charge in [-0.15, -0.1) is 0 Å². The van der Waals surface area contributed by atoms with Gasteiger partial charge in [0, 0.05) is 40.3 Å². The van der Waals surface area contributed by atoms with Gasteiger partial charge in [-0.3, -0.25) is 9.59 Å². The minimum atomic E-state index is -0.703. The van der Waals surface area contributed by atoms with Crippen molar-refractivity contribution in [2.24, 2.45) is 17.6 Å². The first-order valence-electron chi connectivity index (χ1n) is 11.2. The van der Waals surface area contributed by atoms with Crippen molar-refractivity contribution >= 4 is 17.8 Å². The SMILES string of the molecule is Cc1nc(N(C)C)nc(C(N)=O)c1C(=O)N1CC2CN(CCCc3ccccc3)C[C@@H]2C1. The summed E-state index contributed by atoms with van der Waals surface area (Å²) in [5.41, 5.74) is 7.68. The quantitative estimate of drug-likeness (QED) is 0.708. The largest absolute Gasteiger partial charge is 0.364 e. The fraction of sp³-hybridized carbons (Fsp3) is 0.500. The van der Waals surface area contributed by atoms with Gasteiger partial charge in [-0.1, -0.05) is 30.3 Å². The second-order valence-corrected chi connectivity index (χ2v) is 9.17. The molecule has 0 bridgehead atoms. The Morgan fingerprint density at radius 3 is 2.31 bits per heavy atom. The lowest BCUT2D eigenvalue weighted by Gasteiger charge is -2.23. The molecule has 2 amide bonds. The molecule has 2 aliphatic heterocycles. The molecule has 3 heterocycles. The number of anilines is 1. The summed E-state index contributed by atoms with van der Waals surface area (Å²) in [6.45, 7) is 6.25. The highest BCUT2D eigenvalue weighted by Crippen LogP contribution is 2.32. The first-order valence-corrected chi connectivity index (χ1v) is 11.2. The average Bonchev–Trinajstić information content (AvgIpc) is 3.32. The molecule has 1 aromatic carbocycles. The number of nitrogens with two attached hydrogens (primary N) is 1. The average molecular weight is 437 g/mol. The molecule has 32 heavy (non-hydrogen) atoms. The Balaban J connectivity index is 1.37. The van der Waals surface area contributed by atoms with Gasteiger partial charge in [-0.2, -0.15) is 0 Å². The van der Waals surface area contributed by atoms with Gasteiger partial charge in [-0.25, -0.2) is 9.97 Å². The zero-order valence-corrected chi connectivity index (χ0v) is 19.1. The van der Waals surface area contributed by atoms with Crippen molar-refractivity contribution in [3.63, 3.8) is 0 Å². The molecule has 2 aliphatic rings. The van der Waals surface area contributed by atoms with Gasteiger partial charge in [0.2, 0.25) is 5.95 Å².